The van der Waals surface area contributed by atoms with Crippen LogP contribution in [0.3, 0.4) is 0 Å². The van der Waals surface area contributed by atoms with E-state index in [2.05, 4.69) is 5.32 Å². The first-order chi connectivity index (χ1) is 9.99. The number of nitrogens with one attached hydrogen (secondary N) is 1. The molecule has 1 aromatic carbocycles. The van der Waals surface area contributed by atoms with Crippen LogP contribution in [-0.4, -0.2) is 55.5 Å². The van der Waals surface area contributed by atoms with Crippen LogP contribution in [0.4, 0.5) is 8.78 Å². The number of rotatable bonds is 4. The lowest BCUT2D eigenvalue weighted by Crippen LogP contribution is -2.49. The van der Waals surface area contributed by atoms with E-state index in [4.69, 9.17) is 0 Å². The van der Waals surface area contributed by atoms with E-state index >= 15 is 0 Å². The lowest BCUT2D eigenvalue weighted by atomic mass is 10.1. The maximum Gasteiger partial charge on any atom is 0.236 e. The zero-order chi connectivity index (χ0) is 15.4. The topological polar surface area (TPSA) is 35.6 Å². The fraction of sp³-hybridized carbons (Fsp3) is 0.533. The van der Waals surface area contributed by atoms with Crippen molar-refractivity contribution >= 4 is 5.91 Å². The molecule has 1 amide bonds. The number of carbonyl (C=O) groups excluding carboxylic acids is 1. The maximum atomic E-state index is 13.8. The monoisotopic (exact) mass is 297 g/mol. The number of amides is 1. The van der Waals surface area contributed by atoms with E-state index in [0.717, 1.165) is 25.2 Å². The van der Waals surface area contributed by atoms with Gasteiger partial charge in [-0.3, -0.25) is 9.69 Å². The summed E-state index contributed by atoms with van der Waals surface area (Å²) >= 11 is 0. The molecule has 1 fully saturated rings. The quantitative estimate of drug-likeness (QED) is 0.912. The van der Waals surface area contributed by atoms with E-state index < -0.39 is 11.6 Å². The van der Waals surface area contributed by atoms with Crippen LogP contribution < -0.4 is 5.32 Å². The van der Waals surface area contributed by atoms with Crippen LogP contribution in [0, 0.1) is 11.6 Å². The van der Waals surface area contributed by atoms with Crippen molar-refractivity contribution in [2.24, 2.45) is 0 Å². The van der Waals surface area contributed by atoms with Crippen molar-refractivity contribution in [2.75, 3.05) is 39.8 Å². The van der Waals surface area contributed by atoms with E-state index in [1.165, 1.54) is 6.07 Å². The lowest BCUT2D eigenvalue weighted by Gasteiger charge is -2.31. The second kappa shape index (κ2) is 6.95. The SMILES string of the molecule is CC(c1cc(F)ccc1F)N(C)CC(=O)N1CCNCC1. The number of hydrogen-bond donors (Lipinski definition) is 1. The maximum absolute atomic E-state index is 13.8. The minimum atomic E-state index is -0.472. The second-order valence-electron chi connectivity index (χ2n) is 5.39. The lowest BCUT2D eigenvalue weighted by molar-refractivity contribution is -0.133. The summed E-state index contributed by atoms with van der Waals surface area (Å²) in [5.41, 5.74) is 0.269. The predicted molar refractivity (Wildman–Crippen MR) is 76.9 cm³/mol. The zero-order valence-electron chi connectivity index (χ0n) is 12.4. The van der Waals surface area contributed by atoms with Crippen molar-refractivity contribution in [1.29, 1.82) is 0 Å². The van der Waals surface area contributed by atoms with Gasteiger partial charge in [0.1, 0.15) is 11.6 Å². The van der Waals surface area contributed by atoms with Crippen molar-refractivity contribution < 1.29 is 13.6 Å². The number of nitrogens with zero attached hydrogens (tertiary/aromatic N) is 2. The summed E-state index contributed by atoms with van der Waals surface area (Å²) in [4.78, 5) is 15.7. The molecule has 0 bridgehead atoms. The first kappa shape index (κ1) is 15.9. The molecule has 4 nitrogen and oxygen atoms in total. The van der Waals surface area contributed by atoms with Crippen molar-refractivity contribution in [3.63, 3.8) is 0 Å². The van der Waals surface area contributed by atoms with Gasteiger partial charge in [-0.05, 0) is 32.2 Å². The third kappa shape index (κ3) is 3.98. The Bertz CT molecular complexity index is 504. The summed E-state index contributed by atoms with van der Waals surface area (Å²) in [5.74, 6) is -0.909. The van der Waals surface area contributed by atoms with Gasteiger partial charge in [0.05, 0.1) is 6.54 Å². The molecule has 1 aromatic rings. The molecule has 1 heterocycles. The molecule has 116 valence electrons. The Morgan fingerprint density at radius 3 is 2.71 bits per heavy atom. The molecule has 0 spiro atoms. The number of piperazine rings is 1. The second-order valence-corrected chi connectivity index (χ2v) is 5.39. The summed E-state index contributed by atoms with van der Waals surface area (Å²) in [7, 11) is 1.75. The standard InChI is InChI=1S/C15H21F2N3O/c1-11(13-9-12(16)3-4-14(13)17)19(2)10-15(21)20-7-5-18-6-8-20/h3-4,9,11,18H,5-8,10H2,1-2H3. The van der Waals surface area contributed by atoms with Crippen LogP contribution >= 0.6 is 0 Å². The first-order valence-corrected chi connectivity index (χ1v) is 7.12. The van der Waals surface area contributed by atoms with Gasteiger partial charge in [-0.1, -0.05) is 0 Å². The predicted octanol–water partition coefficient (Wildman–Crippen LogP) is 1.39. The molecule has 1 unspecified atom stereocenters. The van der Waals surface area contributed by atoms with E-state index in [1.807, 2.05) is 0 Å². The number of hydrogen-bond acceptors (Lipinski definition) is 3. The Balaban J connectivity index is 2.00. The smallest absolute Gasteiger partial charge is 0.236 e. The van der Waals surface area contributed by atoms with E-state index in [-0.39, 0.29) is 24.1 Å². The number of halogens is 2. The minimum Gasteiger partial charge on any atom is -0.339 e. The Morgan fingerprint density at radius 2 is 2.05 bits per heavy atom. The average Bonchev–Trinajstić information content (AvgIpc) is 2.49. The molecule has 1 aliphatic rings. The van der Waals surface area contributed by atoms with Crippen LogP contribution in [0.25, 0.3) is 0 Å². The average molecular weight is 297 g/mol. The van der Waals surface area contributed by atoms with Gasteiger partial charge in [0.2, 0.25) is 5.91 Å². The van der Waals surface area contributed by atoms with E-state index in [0.29, 0.717) is 13.1 Å². The zero-order valence-corrected chi connectivity index (χ0v) is 12.4. The molecule has 0 saturated carbocycles. The highest BCUT2D eigenvalue weighted by Gasteiger charge is 2.22. The highest BCUT2D eigenvalue weighted by molar-refractivity contribution is 5.78. The Hall–Kier alpha value is -1.53. The van der Waals surface area contributed by atoms with Gasteiger partial charge < -0.3 is 10.2 Å². The van der Waals surface area contributed by atoms with Crippen molar-refractivity contribution in [1.82, 2.24) is 15.1 Å². The highest BCUT2D eigenvalue weighted by atomic mass is 19.1. The fourth-order valence-corrected chi connectivity index (χ4v) is 2.44. The first-order valence-electron chi connectivity index (χ1n) is 7.12. The molecule has 21 heavy (non-hydrogen) atoms. The van der Waals surface area contributed by atoms with Gasteiger partial charge in [-0.25, -0.2) is 8.78 Å². The van der Waals surface area contributed by atoms with Gasteiger partial charge in [0, 0.05) is 37.8 Å². The van der Waals surface area contributed by atoms with E-state index in [9.17, 15) is 13.6 Å². The molecular weight excluding hydrogens is 276 g/mol. The van der Waals surface area contributed by atoms with Gasteiger partial charge in [0.25, 0.3) is 0 Å². The number of carbonyl (C=O) groups is 1. The minimum absolute atomic E-state index is 0.0164. The third-order valence-electron chi connectivity index (χ3n) is 3.92. The van der Waals surface area contributed by atoms with Crippen LogP contribution in [0.15, 0.2) is 18.2 Å². The van der Waals surface area contributed by atoms with Crippen LogP contribution in [-0.2, 0) is 4.79 Å². The Morgan fingerprint density at radius 1 is 1.38 bits per heavy atom. The van der Waals surface area contributed by atoms with E-state index in [1.54, 1.807) is 23.8 Å². The Kier molecular flexibility index (Phi) is 5.25. The van der Waals surface area contributed by atoms with Gasteiger partial charge in [0.15, 0.2) is 0 Å². The van der Waals surface area contributed by atoms with Crippen molar-refractivity contribution in [3.05, 3.63) is 35.4 Å². The molecular formula is C15H21F2N3O. The normalized spacial score (nSPS) is 17.1. The largest absolute Gasteiger partial charge is 0.339 e. The third-order valence-corrected chi connectivity index (χ3v) is 3.92. The summed E-state index contributed by atoms with van der Waals surface area (Å²) in [6.07, 6.45) is 0. The summed E-state index contributed by atoms with van der Waals surface area (Å²) in [6.45, 7) is 4.93. The molecule has 1 aliphatic heterocycles. The summed E-state index contributed by atoms with van der Waals surface area (Å²) < 4.78 is 27.0. The molecule has 1 saturated heterocycles. The summed E-state index contributed by atoms with van der Waals surface area (Å²) in [5, 5.41) is 3.19. The molecule has 6 heteroatoms. The molecule has 0 aromatic heterocycles. The van der Waals surface area contributed by atoms with Gasteiger partial charge in [-0.15, -0.1) is 0 Å². The van der Waals surface area contributed by atoms with Crippen molar-refractivity contribution in [3.8, 4) is 0 Å². The Labute approximate surface area is 123 Å². The molecule has 1 N–H and O–H groups in total. The summed E-state index contributed by atoms with van der Waals surface area (Å²) in [6, 6.07) is 3.03. The number of benzene rings is 1. The van der Waals surface area contributed by atoms with Crippen LogP contribution in [0.2, 0.25) is 0 Å². The molecule has 2 rings (SSSR count). The molecule has 0 radical (unpaired) electrons. The number of likely N-dealkylation sites (N-methyl/N-ethyl adjacent to an activating group) is 1. The van der Waals surface area contributed by atoms with Crippen LogP contribution in [0.1, 0.15) is 18.5 Å². The fourth-order valence-electron chi connectivity index (χ4n) is 2.44. The van der Waals surface area contributed by atoms with Crippen molar-refractivity contribution in [2.45, 2.75) is 13.0 Å². The molecule has 0 aliphatic carbocycles. The van der Waals surface area contributed by atoms with Gasteiger partial charge in [-0.2, -0.15) is 0 Å². The molecule has 1 atom stereocenters. The van der Waals surface area contributed by atoms with Gasteiger partial charge >= 0.3 is 0 Å². The highest BCUT2D eigenvalue weighted by Crippen LogP contribution is 2.22. The van der Waals surface area contributed by atoms with Crippen LogP contribution in [0.5, 0.6) is 0 Å².